The topological polar surface area (TPSA) is 110 Å². The molecule has 2 N–H and O–H groups in total. The van der Waals surface area contributed by atoms with E-state index in [1.807, 2.05) is 0 Å². The summed E-state index contributed by atoms with van der Waals surface area (Å²) in [5.41, 5.74) is -2.14. The monoisotopic (exact) mass is 370 g/mol. The van der Waals surface area contributed by atoms with Crippen molar-refractivity contribution in [2.24, 2.45) is 0 Å². The molecule has 0 fully saturated rings. The SMILES string of the molecule is O=[N+]([O-])c1cc(-c2cc(-c3cc(F)c(F)c(F)c3F)no2)cc(O)c1O. The first kappa shape index (κ1) is 17.2. The zero-order valence-electron chi connectivity index (χ0n) is 12.3. The quantitative estimate of drug-likeness (QED) is 0.181. The average Bonchev–Trinajstić information content (AvgIpc) is 3.08. The average molecular weight is 370 g/mol. The number of phenols is 2. The Bertz CT molecular complexity index is 1050. The van der Waals surface area contributed by atoms with Crippen molar-refractivity contribution >= 4 is 5.69 Å². The Morgan fingerprint density at radius 3 is 2.35 bits per heavy atom. The van der Waals surface area contributed by atoms with Crippen LogP contribution in [0.5, 0.6) is 11.5 Å². The molecule has 7 nitrogen and oxygen atoms in total. The van der Waals surface area contributed by atoms with Crippen molar-refractivity contribution in [2.45, 2.75) is 0 Å². The van der Waals surface area contributed by atoms with Crippen molar-refractivity contribution in [3.8, 4) is 34.1 Å². The van der Waals surface area contributed by atoms with Gasteiger partial charge in [-0.2, -0.15) is 0 Å². The minimum absolute atomic E-state index is 0.130. The van der Waals surface area contributed by atoms with Gasteiger partial charge in [-0.25, -0.2) is 17.6 Å². The van der Waals surface area contributed by atoms with E-state index in [-0.39, 0.29) is 11.3 Å². The van der Waals surface area contributed by atoms with Crippen molar-refractivity contribution < 1.29 is 37.2 Å². The normalized spacial score (nSPS) is 10.9. The molecule has 0 bridgehead atoms. The van der Waals surface area contributed by atoms with Gasteiger partial charge in [-0.05, 0) is 12.1 Å². The van der Waals surface area contributed by atoms with Gasteiger partial charge in [0.05, 0.1) is 4.92 Å². The molecule has 0 aliphatic rings. The van der Waals surface area contributed by atoms with Crippen LogP contribution in [0.3, 0.4) is 0 Å². The summed E-state index contributed by atoms with van der Waals surface area (Å²) < 4.78 is 58.3. The number of benzene rings is 2. The Morgan fingerprint density at radius 1 is 1.00 bits per heavy atom. The summed E-state index contributed by atoms with van der Waals surface area (Å²) in [5, 5.41) is 33.2. The Morgan fingerprint density at radius 2 is 1.69 bits per heavy atom. The van der Waals surface area contributed by atoms with E-state index in [4.69, 9.17) is 4.52 Å². The second kappa shape index (κ2) is 6.02. The Labute approximate surface area is 140 Å². The highest BCUT2D eigenvalue weighted by Crippen LogP contribution is 2.40. The third-order valence-electron chi connectivity index (χ3n) is 3.44. The van der Waals surface area contributed by atoms with Gasteiger partial charge in [0.15, 0.2) is 34.8 Å². The number of nitro groups is 1. The van der Waals surface area contributed by atoms with Gasteiger partial charge in [-0.1, -0.05) is 5.16 Å². The van der Waals surface area contributed by atoms with Crippen molar-refractivity contribution in [1.82, 2.24) is 5.16 Å². The molecule has 0 aliphatic carbocycles. The summed E-state index contributed by atoms with van der Waals surface area (Å²) in [5.74, 6) is -9.45. The second-order valence-electron chi connectivity index (χ2n) is 5.04. The highest BCUT2D eigenvalue weighted by molar-refractivity contribution is 5.72. The number of nitrogens with zero attached hydrogens (tertiary/aromatic N) is 2. The molecule has 0 saturated heterocycles. The number of nitro benzene ring substituents is 1. The summed E-state index contributed by atoms with van der Waals surface area (Å²) in [6.45, 7) is 0. The van der Waals surface area contributed by atoms with Gasteiger partial charge >= 0.3 is 5.69 Å². The molecule has 0 radical (unpaired) electrons. The van der Waals surface area contributed by atoms with Crippen LogP contribution in [0.2, 0.25) is 0 Å². The molecule has 0 spiro atoms. The van der Waals surface area contributed by atoms with Crippen molar-refractivity contribution in [3.63, 3.8) is 0 Å². The number of hydrogen-bond donors (Lipinski definition) is 2. The zero-order valence-corrected chi connectivity index (χ0v) is 12.3. The first-order valence-corrected chi connectivity index (χ1v) is 6.71. The second-order valence-corrected chi connectivity index (χ2v) is 5.04. The number of phenolic OH excluding ortho intramolecular Hbond substituents is 2. The molecular formula is C15H6F4N2O5. The lowest BCUT2D eigenvalue weighted by Gasteiger charge is -2.02. The maximum Gasteiger partial charge on any atom is 0.315 e. The van der Waals surface area contributed by atoms with Crippen LogP contribution < -0.4 is 0 Å². The van der Waals surface area contributed by atoms with E-state index in [0.717, 1.165) is 18.2 Å². The van der Waals surface area contributed by atoms with Gasteiger partial charge in [0.25, 0.3) is 0 Å². The molecule has 0 amide bonds. The van der Waals surface area contributed by atoms with Crippen LogP contribution in [0.15, 0.2) is 28.8 Å². The van der Waals surface area contributed by atoms with E-state index >= 15 is 0 Å². The van der Waals surface area contributed by atoms with Crippen LogP contribution in [0, 0.1) is 33.4 Å². The fourth-order valence-electron chi connectivity index (χ4n) is 2.18. The molecule has 3 rings (SSSR count). The van der Waals surface area contributed by atoms with Crippen LogP contribution in [0.25, 0.3) is 22.6 Å². The maximum absolute atomic E-state index is 13.8. The number of halogens is 4. The Kier molecular flexibility index (Phi) is 3.98. The molecule has 0 aliphatic heterocycles. The largest absolute Gasteiger partial charge is 0.504 e. The number of aromatic hydroxyl groups is 2. The highest BCUT2D eigenvalue weighted by Gasteiger charge is 2.24. The van der Waals surface area contributed by atoms with Gasteiger partial charge in [-0.15, -0.1) is 0 Å². The molecule has 11 heteroatoms. The van der Waals surface area contributed by atoms with Gasteiger partial charge in [0, 0.05) is 23.3 Å². The molecular weight excluding hydrogens is 364 g/mol. The van der Waals surface area contributed by atoms with Gasteiger partial charge in [-0.3, -0.25) is 10.1 Å². The smallest absolute Gasteiger partial charge is 0.315 e. The predicted molar refractivity (Wildman–Crippen MR) is 77.2 cm³/mol. The van der Waals surface area contributed by atoms with Gasteiger partial charge in [0.2, 0.25) is 5.75 Å². The van der Waals surface area contributed by atoms with E-state index in [2.05, 4.69) is 5.16 Å². The van der Waals surface area contributed by atoms with Gasteiger partial charge in [0.1, 0.15) is 5.69 Å². The fourth-order valence-corrected chi connectivity index (χ4v) is 2.18. The van der Waals surface area contributed by atoms with Crippen LogP contribution in [-0.2, 0) is 0 Å². The van der Waals surface area contributed by atoms with Crippen LogP contribution in [-0.4, -0.2) is 20.3 Å². The third-order valence-corrected chi connectivity index (χ3v) is 3.44. The molecule has 134 valence electrons. The number of aromatic nitrogens is 1. The Balaban J connectivity index is 2.11. The molecule has 0 saturated carbocycles. The van der Waals surface area contributed by atoms with Crippen LogP contribution in [0.1, 0.15) is 0 Å². The first-order valence-electron chi connectivity index (χ1n) is 6.71. The number of rotatable bonds is 3. The van der Waals surface area contributed by atoms with Gasteiger partial charge < -0.3 is 14.7 Å². The highest BCUT2D eigenvalue weighted by atomic mass is 19.2. The molecule has 26 heavy (non-hydrogen) atoms. The molecule has 1 aromatic heterocycles. The lowest BCUT2D eigenvalue weighted by atomic mass is 10.1. The summed E-state index contributed by atoms with van der Waals surface area (Å²) >= 11 is 0. The predicted octanol–water partition coefficient (Wildman–Crippen LogP) is 3.88. The van der Waals surface area contributed by atoms with Crippen LogP contribution in [0.4, 0.5) is 23.2 Å². The standard InChI is InChI=1S/C15H6F4N2O5/c16-7-3-6(12(17)14(19)13(7)18)8-4-11(26-20-8)5-1-9(21(24)25)15(23)10(22)2-5/h1-4,22-23H. The van der Waals surface area contributed by atoms with Crippen LogP contribution >= 0.6 is 0 Å². The molecule has 2 aromatic carbocycles. The first-order chi connectivity index (χ1) is 12.2. The van der Waals surface area contributed by atoms with Crippen molar-refractivity contribution in [3.05, 3.63) is 57.6 Å². The summed E-state index contributed by atoms with van der Waals surface area (Å²) in [4.78, 5) is 9.88. The minimum Gasteiger partial charge on any atom is -0.504 e. The minimum atomic E-state index is -2.04. The fraction of sp³-hybridized carbons (Fsp3) is 0. The molecule has 1 heterocycles. The zero-order chi connectivity index (χ0) is 19.2. The molecule has 0 atom stereocenters. The van der Waals surface area contributed by atoms with E-state index < -0.39 is 56.6 Å². The molecule has 0 unspecified atom stereocenters. The van der Waals surface area contributed by atoms with E-state index in [0.29, 0.717) is 6.07 Å². The summed E-state index contributed by atoms with van der Waals surface area (Å²) in [7, 11) is 0. The third kappa shape index (κ3) is 2.68. The lowest BCUT2D eigenvalue weighted by molar-refractivity contribution is -0.385. The lowest BCUT2D eigenvalue weighted by Crippen LogP contribution is -1.98. The maximum atomic E-state index is 13.8. The van der Waals surface area contributed by atoms with Crippen molar-refractivity contribution in [2.75, 3.05) is 0 Å². The Hall–Kier alpha value is -3.63. The summed E-state index contributed by atoms with van der Waals surface area (Å²) in [6, 6.07) is 3.06. The van der Waals surface area contributed by atoms with E-state index in [1.54, 1.807) is 0 Å². The number of hydrogen-bond acceptors (Lipinski definition) is 6. The molecule has 3 aromatic rings. The van der Waals surface area contributed by atoms with Crippen molar-refractivity contribution in [1.29, 1.82) is 0 Å². The summed E-state index contributed by atoms with van der Waals surface area (Å²) in [6.07, 6.45) is 0. The van der Waals surface area contributed by atoms with E-state index in [1.165, 1.54) is 0 Å². The van der Waals surface area contributed by atoms with E-state index in [9.17, 15) is 37.9 Å².